The predicted molar refractivity (Wildman–Crippen MR) is 111 cm³/mol. The molecule has 2 heterocycles. The van der Waals surface area contributed by atoms with E-state index in [4.69, 9.17) is 23.2 Å². The van der Waals surface area contributed by atoms with Gasteiger partial charge in [-0.15, -0.1) is 11.3 Å². The molecule has 0 radical (unpaired) electrons. The fourth-order valence-electron chi connectivity index (χ4n) is 2.75. The lowest BCUT2D eigenvalue weighted by Crippen LogP contribution is -2.62. The number of hydrogen-bond donors (Lipinski definition) is 3. The summed E-state index contributed by atoms with van der Waals surface area (Å²) in [6, 6.07) is 1.21. The van der Waals surface area contributed by atoms with Crippen molar-refractivity contribution in [2.75, 3.05) is 12.4 Å². The van der Waals surface area contributed by atoms with Gasteiger partial charge in [-0.3, -0.25) is 9.59 Å². The molecule has 1 aromatic carbocycles. The molecule has 1 fully saturated rings. The summed E-state index contributed by atoms with van der Waals surface area (Å²) < 4.78 is 41.5. The standard InChI is InChI=1S/C16H16Cl2FN5O4S2/c1-24-13(15(26)21-8-2-3-11(19)10(17)4-8)5-12(23-30(24,27)28)14(25)20-6-9-7-29-16(18)22-9/h2-4,7,12-13,23H,5-6H2,1H3,(H,20,25)(H,21,26). The third kappa shape index (κ3) is 5.25. The lowest BCUT2D eigenvalue weighted by Gasteiger charge is -2.35. The van der Waals surface area contributed by atoms with E-state index in [1.165, 1.54) is 30.5 Å². The maximum absolute atomic E-state index is 13.3. The van der Waals surface area contributed by atoms with Crippen LogP contribution >= 0.6 is 34.5 Å². The molecule has 2 unspecified atom stereocenters. The maximum Gasteiger partial charge on any atom is 0.280 e. The monoisotopic (exact) mass is 495 g/mol. The molecule has 0 aliphatic carbocycles. The largest absolute Gasteiger partial charge is 0.349 e. The van der Waals surface area contributed by atoms with Crippen molar-refractivity contribution in [2.45, 2.75) is 25.0 Å². The van der Waals surface area contributed by atoms with E-state index in [0.717, 1.165) is 10.4 Å². The van der Waals surface area contributed by atoms with Crippen molar-refractivity contribution in [3.63, 3.8) is 0 Å². The number of benzene rings is 1. The van der Waals surface area contributed by atoms with Crippen molar-refractivity contribution in [3.05, 3.63) is 44.6 Å². The molecule has 3 rings (SSSR count). The predicted octanol–water partition coefficient (Wildman–Crippen LogP) is 1.75. The van der Waals surface area contributed by atoms with Crippen LogP contribution in [0.25, 0.3) is 0 Å². The minimum absolute atomic E-state index is 0.0566. The molecule has 1 saturated heterocycles. The molecule has 30 heavy (non-hydrogen) atoms. The molecule has 1 aromatic heterocycles. The molecule has 3 N–H and O–H groups in total. The van der Waals surface area contributed by atoms with E-state index in [1.807, 2.05) is 0 Å². The van der Waals surface area contributed by atoms with Crippen LogP contribution < -0.4 is 15.4 Å². The maximum atomic E-state index is 13.3. The van der Waals surface area contributed by atoms with Gasteiger partial charge in [0.2, 0.25) is 11.8 Å². The quantitative estimate of drug-likeness (QED) is 0.583. The number of carbonyl (C=O) groups is 2. The molecule has 2 atom stereocenters. The van der Waals surface area contributed by atoms with Gasteiger partial charge < -0.3 is 10.6 Å². The zero-order chi connectivity index (χ0) is 22.1. The Labute approximate surface area is 185 Å². The van der Waals surface area contributed by atoms with Gasteiger partial charge in [-0.1, -0.05) is 23.2 Å². The summed E-state index contributed by atoms with van der Waals surface area (Å²) in [6.07, 6.45) is -0.125. The first-order chi connectivity index (χ1) is 14.1. The topological polar surface area (TPSA) is 120 Å². The summed E-state index contributed by atoms with van der Waals surface area (Å²) in [5, 5.41) is 6.52. The van der Waals surface area contributed by atoms with Crippen LogP contribution in [0.3, 0.4) is 0 Å². The zero-order valence-electron chi connectivity index (χ0n) is 15.4. The van der Waals surface area contributed by atoms with Gasteiger partial charge in [-0.25, -0.2) is 9.37 Å². The summed E-state index contributed by atoms with van der Waals surface area (Å²) in [6.45, 7) is 0.0566. The van der Waals surface area contributed by atoms with E-state index in [2.05, 4.69) is 20.3 Å². The molecule has 0 saturated carbocycles. The van der Waals surface area contributed by atoms with Crippen LogP contribution in [-0.2, 0) is 26.3 Å². The lowest BCUT2D eigenvalue weighted by molar-refractivity contribution is -0.124. The van der Waals surface area contributed by atoms with E-state index >= 15 is 0 Å². The van der Waals surface area contributed by atoms with E-state index in [1.54, 1.807) is 5.38 Å². The van der Waals surface area contributed by atoms with Gasteiger partial charge >= 0.3 is 0 Å². The number of thiazole rings is 1. The fraction of sp³-hybridized carbons (Fsp3) is 0.312. The Kier molecular flexibility index (Phi) is 6.95. The number of anilines is 1. The van der Waals surface area contributed by atoms with Crippen LogP contribution in [0.5, 0.6) is 0 Å². The lowest BCUT2D eigenvalue weighted by atomic mass is 10.1. The van der Waals surface area contributed by atoms with Gasteiger partial charge in [0.1, 0.15) is 17.9 Å². The van der Waals surface area contributed by atoms with Gasteiger partial charge in [0.05, 0.1) is 17.3 Å². The first-order valence-electron chi connectivity index (χ1n) is 8.45. The summed E-state index contributed by atoms with van der Waals surface area (Å²) in [5.41, 5.74) is 0.716. The number of nitrogens with zero attached hydrogens (tertiary/aromatic N) is 2. The Bertz CT molecular complexity index is 1080. The average Bonchev–Trinajstić information content (AvgIpc) is 3.10. The Morgan fingerprint density at radius 3 is 2.73 bits per heavy atom. The molecule has 162 valence electrons. The highest BCUT2D eigenvalue weighted by Gasteiger charge is 2.42. The third-order valence-electron chi connectivity index (χ3n) is 4.34. The molecule has 0 bridgehead atoms. The van der Waals surface area contributed by atoms with Crippen molar-refractivity contribution in [1.82, 2.24) is 19.3 Å². The average molecular weight is 496 g/mol. The minimum atomic E-state index is -4.09. The minimum Gasteiger partial charge on any atom is -0.349 e. The molecular weight excluding hydrogens is 480 g/mol. The summed E-state index contributed by atoms with van der Waals surface area (Å²) in [5.74, 6) is -1.96. The van der Waals surface area contributed by atoms with Crippen LogP contribution in [0.2, 0.25) is 9.49 Å². The number of hydrogen-bond acceptors (Lipinski definition) is 6. The summed E-state index contributed by atoms with van der Waals surface area (Å²) in [4.78, 5) is 29.1. The van der Waals surface area contributed by atoms with E-state index in [-0.39, 0.29) is 23.7 Å². The van der Waals surface area contributed by atoms with Crippen LogP contribution in [0.4, 0.5) is 10.1 Å². The Hall–Kier alpha value is -1.83. The first-order valence-corrected chi connectivity index (χ1v) is 11.5. The normalized spacial score (nSPS) is 21.2. The molecule has 2 amide bonds. The van der Waals surface area contributed by atoms with Crippen molar-refractivity contribution in [1.29, 1.82) is 0 Å². The third-order valence-corrected chi connectivity index (χ3v) is 7.25. The van der Waals surface area contributed by atoms with Crippen molar-refractivity contribution in [2.24, 2.45) is 0 Å². The number of amides is 2. The zero-order valence-corrected chi connectivity index (χ0v) is 18.5. The van der Waals surface area contributed by atoms with Crippen LogP contribution in [0.15, 0.2) is 23.6 Å². The molecule has 2 aromatic rings. The molecule has 1 aliphatic heterocycles. The van der Waals surface area contributed by atoms with E-state index < -0.39 is 39.9 Å². The summed E-state index contributed by atoms with van der Waals surface area (Å²) >= 11 is 12.6. The van der Waals surface area contributed by atoms with Crippen LogP contribution in [-0.4, -0.2) is 48.7 Å². The Morgan fingerprint density at radius 1 is 1.37 bits per heavy atom. The number of nitrogens with one attached hydrogen (secondary N) is 3. The molecule has 1 aliphatic rings. The van der Waals surface area contributed by atoms with Crippen LogP contribution in [0.1, 0.15) is 12.1 Å². The Morgan fingerprint density at radius 2 is 2.10 bits per heavy atom. The highest BCUT2D eigenvalue weighted by molar-refractivity contribution is 7.87. The van der Waals surface area contributed by atoms with Gasteiger partial charge in [0.15, 0.2) is 4.47 Å². The Balaban J connectivity index is 1.70. The second kappa shape index (κ2) is 9.12. The molecular formula is C16H16Cl2FN5O4S2. The number of rotatable bonds is 5. The highest BCUT2D eigenvalue weighted by Crippen LogP contribution is 2.22. The van der Waals surface area contributed by atoms with Crippen molar-refractivity contribution in [3.8, 4) is 0 Å². The van der Waals surface area contributed by atoms with Gasteiger partial charge in [-0.05, 0) is 24.6 Å². The number of aromatic nitrogens is 1. The molecule has 9 nitrogen and oxygen atoms in total. The van der Waals surface area contributed by atoms with Crippen LogP contribution in [0, 0.1) is 5.82 Å². The number of likely N-dealkylation sites (N-methyl/N-ethyl adjacent to an activating group) is 1. The van der Waals surface area contributed by atoms with Gasteiger partial charge in [0.25, 0.3) is 10.2 Å². The van der Waals surface area contributed by atoms with Gasteiger partial charge in [0, 0.05) is 18.1 Å². The van der Waals surface area contributed by atoms with Gasteiger partial charge in [-0.2, -0.15) is 17.4 Å². The summed E-state index contributed by atoms with van der Waals surface area (Å²) in [7, 11) is -2.88. The molecule has 14 heteroatoms. The van der Waals surface area contributed by atoms with E-state index in [0.29, 0.717) is 10.2 Å². The second-order valence-corrected chi connectivity index (χ2v) is 9.98. The second-order valence-electron chi connectivity index (χ2n) is 6.37. The number of carbonyl (C=O) groups excluding carboxylic acids is 2. The van der Waals surface area contributed by atoms with E-state index in [9.17, 15) is 22.4 Å². The first kappa shape index (κ1) is 22.8. The number of halogens is 3. The molecule has 0 spiro atoms. The van der Waals surface area contributed by atoms with Crippen molar-refractivity contribution < 1.29 is 22.4 Å². The van der Waals surface area contributed by atoms with Crippen molar-refractivity contribution >= 4 is 62.2 Å². The highest BCUT2D eigenvalue weighted by atomic mass is 35.5. The fourth-order valence-corrected chi connectivity index (χ4v) is 4.95. The smallest absolute Gasteiger partial charge is 0.280 e. The SMILES string of the molecule is CN1C(C(=O)Nc2ccc(F)c(Cl)c2)CC(C(=O)NCc2csc(Cl)n2)NS1(=O)=O.